The van der Waals surface area contributed by atoms with E-state index in [0.717, 1.165) is 26.3 Å². The van der Waals surface area contributed by atoms with Crippen molar-refractivity contribution in [3.05, 3.63) is 0 Å². The van der Waals surface area contributed by atoms with E-state index in [4.69, 9.17) is 4.74 Å². The third-order valence-electron chi connectivity index (χ3n) is 3.96. The van der Waals surface area contributed by atoms with Gasteiger partial charge < -0.3 is 14.5 Å². The number of hydrogen-bond donors (Lipinski definition) is 0. The number of ether oxygens (including phenoxy) is 1. The molecule has 100 valence electrons. The molecule has 0 aromatic heterocycles. The zero-order valence-corrected chi connectivity index (χ0v) is 11.2. The molecule has 0 radical (unpaired) electrons. The summed E-state index contributed by atoms with van der Waals surface area (Å²) in [6.45, 7) is 15.1. The molecule has 2 heterocycles. The second-order valence-corrected chi connectivity index (χ2v) is 5.08. The van der Waals surface area contributed by atoms with Crippen LogP contribution in [0.15, 0.2) is 0 Å². The number of hydrogen-bond acceptors (Lipinski definition) is 4. The van der Waals surface area contributed by atoms with E-state index in [1.54, 1.807) is 0 Å². The van der Waals surface area contributed by atoms with E-state index in [2.05, 4.69) is 21.6 Å². The fourth-order valence-corrected chi connectivity index (χ4v) is 2.67. The standard InChI is InChI=1S/C13H27N3O/c1-2-14-6-8-15(9-7-14)4-3-5-16-10-12-17-13-11-16/h2-13H2,1H3. The molecule has 4 heteroatoms. The highest BCUT2D eigenvalue weighted by Gasteiger charge is 2.15. The van der Waals surface area contributed by atoms with Crippen LogP contribution < -0.4 is 0 Å². The highest BCUT2D eigenvalue weighted by molar-refractivity contribution is 4.71. The van der Waals surface area contributed by atoms with E-state index in [0.29, 0.717) is 0 Å². The topological polar surface area (TPSA) is 19.0 Å². The van der Waals surface area contributed by atoms with Crippen molar-refractivity contribution in [2.75, 3.05) is 72.1 Å². The molecule has 17 heavy (non-hydrogen) atoms. The Morgan fingerprint density at radius 1 is 0.765 bits per heavy atom. The molecule has 0 N–H and O–H groups in total. The summed E-state index contributed by atoms with van der Waals surface area (Å²) in [7, 11) is 0. The summed E-state index contributed by atoms with van der Waals surface area (Å²) in [5, 5.41) is 0. The van der Waals surface area contributed by atoms with Crippen LogP contribution in [0.3, 0.4) is 0 Å². The van der Waals surface area contributed by atoms with E-state index >= 15 is 0 Å². The van der Waals surface area contributed by atoms with E-state index in [1.807, 2.05) is 0 Å². The lowest BCUT2D eigenvalue weighted by atomic mass is 10.2. The summed E-state index contributed by atoms with van der Waals surface area (Å²) >= 11 is 0. The molecule has 0 bridgehead atoms. The van der Waals surface area contributed by atoms with Gasteiger partial charge in [0.15, 0.2) is 0 Å². The van der Waals surface area contributed by atoms with E-state index in [9.17, 15) is 0 Å². The maximum atomic E-state index is 5.36. The molecular weight excluding hydrogens is 214 g/mol. The number of likely N-dealkylation sites (N-methyl/N-ethyl adjacent to an activating group) is 1. The van der Waals surface area contributed by atoms with Crippen molar-refractivity contribution in [1.82, 2.24) is 14.7 Å². The van der Waals surface area contributed by atoms with Gasteiger partial charge in [-0.3, -0.25) is 4.90 Å². The van der Waals surface area contributed by atoms with E-state index < -0.39 is 0 Å². The van der Waals surface area contributed by atoms with Gasteiger partial charge in [-0.25, -0.2) is 0 Å². The Morgan fingerprint density at radius 2 is 1.29 bits per heavy atom. The second-order valence-electron chi connectivity index (χ2n) is 5.08. The first-order chi connectivity index (χ1) is 8.38. The molecule has 0 aromatic carbocycles. The molecule has 2 rings (SSSR count). The average Bonchev–Trinajstić information content (AvgIpc) is 2.41. The molecule has 0 aromatic rings. The summed E-state index contributed by atoms with van der Waals surface area (Å²) in [6.07, 6.45) is 1.31. The van der Waals surface area contributed by atoms with Crippen LogP contribution in [0.2, 0.25) is 0 Å². The van der Waals surface area contributed by atoms with Gasteiger partial charge in [0.05, 0.1) is 13.2 Å². The zero-order chi connectivity index (χ0) is 11.9. The lowest BCUT2D eigenvalue weighted by Crippen LogP contribution is -2.47. The fourth-order valence-electron chi connectivity index (χ4n) is 2.67. The van der Waals surface area contributed by atoms with Crippen molar-refractivity contribution in [3.8, 4) is 0 Å². The molecule has 0 unspecified atom stereocenters. The van der Waals surface area contributed by atoms with Gasteiger partial charge in [-0.2, -0.15) is 0 Å². The van der Waals surface area contributed by atoms with Gasteiger partial charge in [0.25, 0.3) is 0 Å². The van der Waals surface area contributed by atoms with Crippen LogP contribution in [0.25, 0.3) is 0 Å². The molecule has 4 nitrogen and oxygen atoms in total. The van der Waals surface area contributed by atoms with Crippen LogP contribution in [0.1, 0.15) is 13.3 Å². The van der Waals surface area contributed by atoms with E-state index in [-0.39, 0.29) is 0 Å². The lowest BCUT2D eigenvalue weighted by Gasteiger charge is -2.34. The molecule has 0 spiro atoms. The van der Waals surface area contributed by atoms with Crippen molar-refractivity contribution in [3.63, 3.8) is 0 Å². The molecule has 2 saturated heterocycles. The Hall–Kier alpha value is -0.160. The minimum absolute atomic E-state index is 0.926. The predicted molar refractivity (Wildman–Crippen MR) is 70.4 cm³/mol. The maximum Gasteiger partial charge on any atom is 0.0594 e. The van der Waals surface area contributed by atoms with Crippen molar-refractivity contribution in [1.29, 1.82) is 0 Å². The van der Waals surface area contributed by atoms with Crippen LogP contribution in [-0.4, -0.2) is 86.8 Å². The first-order valence-electron chi connectivity index (χ1n) is 7.13. The normalized spacial score (nSPS) is 25.2. The molecule has 0 saturated carbocycles. The molecule has 0 aliphatic carbocycles. The Balaban J connectivity index is 1.53. The fraction of sp³-hybridized carbons (Fsp3) is 1.00. The van der Waals surface area contributed by atoms with Crippen molar-refractivity contribution in [2.24, 2.45) is 0 Å². The second kappa shape index (κ2) is 7.31. The summed E-state index contributed by atoms with van der Waals surface area (Å²) in [5.41, 5.74) is 0. The minimum Gasteiger partial charge on any atom is -0.379 e. The number of piperazine rings is 1. The van der Waals surface area contributed by atoms with Crippen LogP contribution in [-0.2, 0) is 4.74 Å². The summed E-state index contributed by atoms with van der Waals surface area (Å²) in [4.78, 5) is 7.69. The maximum absolute atomic E-state index is 5.36. The van der Waals surface area contributed by atoms with Gasteiger partial charge in [-0.05, 0) is 26.1 Å². The van der Waals surface area contributed by atoms with Gasteiger partial charge in [0.2, 0.25) is 0 Å². The van der Waals surface area contributed by atoms with Gasteiger partial charge >= 0.3 is 0 Å². The molecular formula is C13H27N3O. The number of morpholine rings is 1. The molecule has 2 aliphatic rings. The Labute approximate surface area is 105 Å². The summed E-state index contributed by atoms with van der Waals surface area (Å²) < 4.78 is 5.36. The number of rotatable bonds is 5. The highest BCUT2D eigenvalue weighted by Crippen LogP contribution is 2.03. The largest absolute Gasteiger partial charge is 0.379 e. The molecule has 2 aliphatic heterocycles. The predicted octanol–water partition coefficient (Wildman–Crippen LogP) is 0.346. The Kier molecular flexibility index (Phi) is 5.71. The quantitative estimate of drug-likeness (QED) is 0.691. The number of nitrogens with zero attached hydrogens (tertiary/aromatic N) is 3. The van der Waals surface area contributed by atoms with Crippen molar-refractivity contribution < 1.29 is 4.74 Å². The summed E-state index contributed by atoms with van der Waals surface area (Å²) in [6, 6.07) is 0. The van der Waals surface area contributed by atoms with Crippen molar-refractivity contribution >= 4 is 0 Å². The van der Waals surface area contributed by atoms with Crippen LogP contribution >= 0.6 is 0 Å². The monoisotopic (exact) mass is 241 g/mol. The van der Waals surface area contributed by atoms with Crippen molar-refractivity contribution in [2.45, 2.75) is 13.3 Å². The van der Waals surface area contributed by atoms with Gasteiger partial charge in [-0.15, -0.1) is 0 Å². The minimum atomic E-state index is 0.926. The average molecular weight is 241 g/mol. The smallest absolute Gasteiger partial charge is 0.0594 e. The SMILES string of the molecule is CCN1CCN(CCCN2CCOCC2)CC1. The molecule has 2 fully saturated rings. The molecule has 0 atom stereocenters. The van der Waals surface area contributed by atoms with Crippen LogP contribution in [0, 0.1) is 0 Å². The van der Waals surface area contributed by atoms with Gasteiger partial charge in [0.1, 0.15) is 0 Å². The lowest BCUT2D eigenvalue weighted by molar-refractivity contribution is 0.0351. The first kappa shape index (κ1) is 13.3. The third kappa shape index (κ3) is 4.54. The van der Waals surface area contributed by atoms with Gasteiger partial charge in [-0.1, -0.05) is 6.92 Å². The van der Waals surface area contributed by atoms with E-state index in [1.165, 1.54) is 52.2 Å². The Morgan fingerprint density at radius 3 is 1.88 bits per heavy atom. The summed E-state index contributed by atoms with van der Waals surface area (Å²) in [5.74, 6) is 0. The van der Waals surface area contributed by atoms with Crippen LogP contribution in [0.4, 0.5) is 0 Å². The van der Waals surface area contributed by atoms with Crippen LogP contribution in [0.5, 0.6) is 0 Å². The third-order valence-corrected chi connectivity index (χ3v) is 3.96. The van der Waals surface area contributed by atoms with Gasteiger partial charge in [0, 0.05) is 39.3 Å². The Bertz CT molecular complexity index is 199. The highest BCUT2D eigenvalue weighted by atomic mass is 16.5. The zero-order valence-electron chi connectivity index (χ0n) is 11.2. The first-order valence-corrected chi connectivity index (χ1v) is 7.13. The molecule has 0 amide bonds.